The fourth-order valence-electron chi connectivity index (χ4n) is 3.89. The molecule has 0 N–H and O–H groups in total. The summed E-state index contributed by atoms with van der Waals surface area (Å²) in [7, 11) is 0. The van der Waals surface area contributed by atoms with Crippen molar-refractivity contribution in [2.45, 2.75) is 19.8 Å². The fourth-order valence-corrected chi connectivity index (χ4v) is 5.13. The quantitative estimate of drug-likeness (QED) is 0.334. The number of anilines is 1. The van der Waals surface area contributed by atoms with E-state index in [0.29, 0.717) is 24.9 Å². The van der Waals surface area contributed by atoms with Crippen molar-refractivity contribution in [1.82, 2.24) is 9.88 Å². The summed E-state index contributed by atoms with van der Waals surface area (Å²) in [6, 6.07) is 9.95. The molecule has 1 amide bonds. The lowest BCUT2D eigenvalue weighted by molar-refractivity contribution is -0.384. The minimum Gasteiger partial charge on any atom is -0.379 e. The van der Waals surface area contributed by atoms with Gasteiger partial charge in [-0.15, -0.1) is 0 Å². The lowest BCUT2D eigenvalue weighted by Crippen LogP contribution is -2.39. The van der Waals surface area contributed by atoms with Crippen molar-refractivity contribution < 1.29 is 14.5 Å². The van der Waals surface area contributed by atoms with Crippen LogP contribution in [-0.2, 0) is 11.2 Å². The zero-order valence-corrected chi connectivity index (χ0v) is 19.9. The molecule has 33 heavy (non-hydrogen) atoms. The second kappa shape index (κ2) is 10.6. The molecule has 0 unspecified atom stereocenters. The molecule has 2 heterocycles. The van der Waals surface area contributed by atoms with Crippen LogP contribution in [0.15, 0.2) is 36.4 Å². The number of morpholine rings is 1. The summed E-state index contributed by atoms with van der Waals surface area (Å²) in [5.41, 5.74) is 1.93. The van der Waals surface area contributed by atoms with Gasteiger partial charge in [0.05, 0.1) is 38.9 Å². The Labute approximate surface area is 200 Å². The number of rotatable bonds is 8. The number of para-hydroxylation sites is 1. The summed E-state index contributed by atoms with van der Waals surface area (Å²) in [5.74, 6) is -0.386. The normalized spacial score (nSPS) is 14.5. The molecule has 174 valence electrons. The first-order chi connectivity index (χ1) is 16.0. The molecule has 0 radical (unpaired) electrons. The lowest BCUT2D eigenvalue weighted by atomic mass is 10.1. The van der Waals surface area contributed by atoms with Gasteiger partial charge in [0.25, 0.3) is 11.6 Å². The molecule has 10 heteroatoms. The highest BCUT2D eigenvalue weighted by Crippen LogP contribution is 2.33. The lowest BCUT2D eigenvalue weighted by Gasteiger charge is -2.27. The molecular weight excluding hydrogens is 464 g/mol. The van der Waals surface area contributed by atoms with Crippen molar-refractivity contribution in [3.05, 3.63) is 62.7 Å². The molecule has 1 aliphatic rings. The van der Waals surface area contributed by atoms with E-state index < -0.39 is 4.92 Å². The summed E-state index contributed by atoms with van der Waals surface area (Å²) in [4.78, 5) is 33.1. The SMILES string of the molecule is CCc1cccc2sc(N(CCCN3CCOCC3)C(=O)c3cc([N+](=O)[O-])ccc3Cl)nc12. The van der Waals surface area contributed by atoms with Gasteiger partial charge in [0.15, 0.2) is 5.13 Å². The van der Waals surface area contributed by atoms with Crippen LogP contribution in [0.3, 0.4) is 0 Å². The van der Waals surface area contributed by atoms with Gasteiger partial charge in [-0.1, -0.05) is 42.0 Å². The molecule has 0 atom stereocenters. The molecule has 8 nitrogen and oxygen atoms in total. The standard InChI is InChI=1S/C23H25ClN4O4S/c1-2-16-5-3-6-20-21(16)25-23(33-20)27(10-4-9-26-11-13-32-14-12-26)22(29)18-15-17(28(30)31)7-8-19(18)24/h3,5-8,15H,2,4,9-14H2,1H3. The smallest absolute Gasteiger partial charge is 0.270 e. The molecule has 2 aromatic carbocycles. The van der Waals surface area contributed by atoms with E-state index in [1.165, 1.54) is 29.5 Å². The van der Waals surface area contributed by atoms with Gasteiger partial charge >= 0.3 is 0 Å². The number of non-ortho nitro benzene ring substituents is 1. The van der Waals surface area contributed by atoms with Crippen LogP contribution in [-0.4, -0.2) is 60.1 Å². The van der Waals surface area contributed by atoms with Gasteiger partial charge in [0.2, 0.25) is 0 Å². The van der Waals surface area contributed by atoms with E-state index in [0.717, 1.165) is 48.3 Å². The Hall–Kier alpha value is -2.59. The Morgan fingerprint density at radius 3 is 2.82 bits per heavy atom. The number of carbonyl (C=O) groups is 1. The number of amides is 1. The Bertz CT molecular complexity index is 1160. The van der Waals surface area contributed by atoms with E-state index in [1.54, 1.807) is 4.90 Å². The summed E-state index contributed by atoms with van der Waals surface area (Å²) < 4.78 is 6.41. The van der Waals surface area contributed by atoms with Gasteiger partial charge in [-0.25, -0.2) is 4.98 Å². The summed E-state index contributed by atoms with van der Waals surface area (Å²) in [6.07, 6.45) is 1.57. The predicted octanol–water partition coefficient (Wildman–Crippen LogP) is 4.79. The van der Waals surface area contributed by atoms with E-state index in [9.17, 15) is 14.9 Å². The van der Waals surface area contributed by atoms with Crippen molar-refractivity contribution in [3.8, 4) is 0 Å². The molecule has 0 spiro atoms. The number of halogens is 1. The fraction of sp³-hybridized carbons (Fsp3) is 0.391. The zero-order chi connectivity index (χ0) is 23.4. The van der Waals surface area contributed by atoms with Crippen LogP contribution < -0.4 is 4.90 Å². The monoisotopic (exact) mass is 488 g/mol. The highest BCUT2D eigenvalue weighted by atomic mass is 35.5. The molecule has 0 aliphatic carbocycles. The summed E-state index contributed by atoms with van der Waals surface area (Å²) in [5, 5.41) is 12.0. The maximum atomic E-state index is 13.6. The number of fused-ring (bicyclic) bond motifs is 1. The Morgan fingerprint density at radius 1 is 1.30 bits per heavy atom. The van der Waals surface area contributed by atoms with Crippen LogP contribution in [0.25, 0.3) is 10.2 Å². The van der Waals surface area contributed by atoms with Gasteiger partial charge in [0.1, 0.15) is 0 Å². The maximum Gasteiger partial charge on any atom is 0.270 e. The maximum absolute atomic E-state index is 13.6. The van der Waals surface area contributed by atoms with Gasteiger partial charge in [0, 0.05) is 38.3 Å². The minimum atomic E-state index is -0.527. The number of hydrogen-bond donors (Lipinski definition) is 0. The van der Waals surface area contributed by atoms with Crippen molar-refractivity contribution >= 4 is 49.9 Å². The van der Waals surface area contributed by atoms with Gasteiger partial charge in [-0.3, -0.25) is 24.7 Å². The molecule has 1 aliphatic heterocycles. The number of hydrogen-bond acceptors (Lipinski definition) is 7. The molecule has 1 saturated heterocycles. The van der Waals surface area contributed by atoms with Crippen molar-refractivity contribution in [2.75, 3.05) is 44.3 Å². The third kappa shape index (κ3) is 5.33. The van der Waals surface area contributed by atoms with Crippen LogP contribution >= 0.6 is 22.9 Å². The number of aryl methyl sites for hydroxylation is 1. The Kier molecular flexibility index (Phi) is 7.54. The Balaban J connectivity index is 1.66. The zero-order valence-electron chi connectivity index (χ0n) is 18.3. The molecule has 4 rings (SSSR count). The first-order valence-corrected chi connectivity index (χ1v) is 12.1. The molecule has 3 aromatic rings. The first-order valence-electron chi connectivity index (χ1n) is 10.9. The van der Waals surface area contributed by atoms with E-state index in [4.69, 9.17) is 21.3 Å². The second-order valence-electron chi connectivity index (χ2n) is 7.80. The average molecular weight is 489 g/mol. The number of thiazole rings is 1. The number of benzene rings is 2. The van der Waals surface area contributed by atoms with Gasteiger partial charge in [-0.05, 0) is 30.5 Å². The number of nitrogens with zero attached hydrogens (tertiary/aromatic N) is 4. The second-order valence-corrected chi connectivity index (χ2v) is 9.22. The molecule has 1 aromatic heterocycles. The molecule has 0 saturated carbocycles. The Morgan fingerprint density at radius 2 is 2.09 bits per heavy atom. The third-order valence-electron chi connectivity index (χ3n) is 5.70. The van der Waals surface area contributed by atoms with E-state index in [1.807, 2.05) is 18.2 Å². The number of nitro groups is 1. The number of aromatic nitrogens is 1. The van der Waals surface area contributed by atoms with Crippen molar-refractivity contribution in [3.63, 3.8) is 0 Å². The van der Waals surface area contributed by atoms with E-state index >= 15 is 0 Å². The highest BCUT2D eigenvalue weighted by molar-refractivity contribution is 7.22. The van der Waals surface area contributed by atoms with E-state index in [2.05, 4.69) is 11.8 Å². The van der Waals surface area contributed by atoms with E-state index in [-0.39, 0.29) is 22.2 Å². The molecule has 1 fully saturated rings. The first kappa shape index (κ1) is 23.6. The van der Waals surface area contributed by atoms with Gasteiger partial charge in [-0.2, -0.15) is 0 Å². The number of carbonyl (C=O) groups excluding carboxylic acids is 1. The highest BCUT2D eigenvalue weighted by Gasteiger charge is 2.25. The molecular formula is C23H25ClN4O4S. The van der Waals surface area contributed by atoms with Crippen LogP contribution in [0, 0.1) is 10.1 Å². The number of ether oxygens (including phenoxy) is 1. The predicted molar refractivity (Wildman–Crippen MR) is 131 cm³/mol. The largest absolute Gasteiger partial charge is 0.379 e. The van der Waals surface area contributed by atoms with Crippen LogP contribution in [0.1, 0.15) is 29.3 Å². The minimum absolute atomic E-state index is 0.104. The average Bonchev–Trinajstić information content (AvgIpc) is 3.26. The summed E-state index contributed by atoms with van der Waals surface area (Å²) >= 11 is 7.74. The topological polar surface area (TPSA) is 88.8 Å². The third-order valence-corrected chi connectivity index (χ3v) is 7.07. The molecule has 0 bridgehead atoms. The van der Waals surface area contributed by atoms with Crippen LogP contribution in [0.5, 0.6) is 0 Å². The van der Waals surface area contributed by atoms with Crippen LogP contribution in [0.4, 0.5) is 10.8 Å². The number of nitro benzene ring substituents is 1. The summed E-state index contributed by atoms with van der Waals surface area (Å²) in [6.45, 7) is 6.48. The van der Waals surface area contributed by atoms with Crippen molar-refractivity contribution in [1.29, 1.82) is 0 Å². The van der Waals surface area contributed by atoms with Crippen molar-refractivity contribution in [2.24, 2.45) is 0 Å². The van der Waals surface area contributed by atoms with Gasteiger partial charge < -0.3 is 4.74 Å². The van der Waals surface area contributed by atoms with Crippen LogP contribution in [0.2, 0.25) is 5.02 Å².